The lowest BCUT2D eigenvalue weighted by Crippen LogP contribution is -2.14. The van der Waals surface area contributed by atoms with Gasteiger partial charge < -0.3 is 0 Å². The van der Waals surface area contributed by atoms with Crippen LogP contribution in [0.2, 0.25) is 5.02 Å². The van der Waals surface area contributed by atoms with Crippen molar-refractivity contribution in [1.82, 2.24) is 0 Å². The van der Waals surface area contributed by atoms with Crippen LogP contribution in [-0.2, 0) is 10.0 Å². The minimum atomic E-state index is -3.66. The molecule has 1 N–H and O–H groups in total. The molecule has 0 radical (unpaired) electrons. The van der Waals surface area contributed by atoms with Gasteiger partial charge in [0.25, 0.3) is 10.0 Å². The minimum Gasteiger partial charge on any atom is -0.280 e. The van der Waals surface area contributed by atoms with Gasteiger partial charge in [0.2, 0.25) is 0 Å². The minimum absolute atomic E-state index is 0.195. The molecule has 0 aliphatic carbocycles. The SMILES string of the molecule is CSc1ccc(Cl)cc1S(=O)(=O)Nc1ccc(C)c(C)c1. The molecule has 0 fully saturated rings. The summed E-state index contributed by atoms with van der Waals surface area (Å²) in [6.45, 7) is 3.93. The standard InChI is InChI=1S/C15H16ClNO2S2/c1-10-4-6-13(8-11(10)2)17-21(18,19)15-9-12(16)5-7-14(15)20-3/h4-9,17H,1-3H3. The fourth-order valence-electron chi connectivity index (χ4n) is 1.88. The Bertz CT molecular complexity index is 773. The summed E-state index contributed by atoms with van der Waals surface area (Å²) in [5.74, 6) is 0. The molecule has 0 heterocycles. The summed E-state index contributed by atoms with van der Waals surface area (Å²) >= 11 is 7.30. The van der Waals surface area contributed by atoms with Gasteiger partial charge in [0.15, 0.2) is 0 Å². The first-order valence-electron chi connectivity index (χ1n) is 6.27. The van der Waals surface area contributed by atoms with Gasteiger partial charge in [-0.05, 0) is 61.6 Å². The van der Waals surface area contributed by atoms with Gasteiger partial charge in [-0.15, -0.1) is 11.8 Å². The Hall–Kier alpha value is -1.17. The summed E-state index contributed by atoms with van der Waals surface area (Å²) in [4.78, 5) is 0.858. The molecule has 0 aliphatic heterocycles. The number of hydrogen-bond donors (Lipinski definition) is 1. The van der Waals surface area contributed by atoms with E-state index in [2.05, 4.69) is 4.72 Å². The molecule has 2 rings (SSSR count). The van der Waals surface area contributed by atoms with E-state index in [0.29, 0.717) is 15.6 Å². The second kappa shape index (κ2) is 6.30. The molecule has 0 saturated heterocycles. The first kappa shape index (κ1) is 16.2. The van der Waals surface area contributed by atoms with Crippen molar-refractivity contribution < 1.29 is 8.42 Å². The van der Waals surface area contributed by atoms with Crippen molar-refractivity contribution in [2.24, 2.45) is 0 Å². The van der Waals surface area contributed by atoms with Crippen LogP contribution in [0.15, 0.2) is 46.2 Å². The van der Waals surface area contributed by atoms with E-state index in [4.69, 9.17) is 11.6 Å². The zero-order chi connectivity index (χ0) is 15.6. The van der Waals surface area contributed by atoms with Gasteiger partial charge in [-0.1, -0.05) is 17.7 Å². The van der Waals surface area contributed by atoms with Gasteiger partial charge in [-0.25, -0.2) is 8.42 Å². The van der Waals surface area contributed by atoms with Gasteiger partial charge >= 0.3 is 0 Å². The molecule has 0 aromatic heterocycles. The summed E-state index contributed by atoms with van der Waals surface area (Å²) in [5.41, 5.74) is 2.70. The summed E-state index contributed by atoms with van der Waals surface area (Å²) in [7, 11) is -3.66. The van der Waals surface area contributed by atoms with Crippen LogP contribution in [0.25, 0.3) is 0 Å². The van der Waals surface area contributed by atoms with E-state index in [1.165, 1.54) is 17.8 Å². The lowest BCUT2D eigenvalue weighted by molar-refractivity contribution is 0.599. The number of hydrogen-bond acceptors (Lipinski definition) is 3. The van der Waals surface area contributed by atoms with Crippen LogP contribution < -0.4 is 4.72 Å². The van der Waals surface area contributed by atoms with Crippen molar-refractivity contribution in [2.75, 3.05) is 11.0 Å². The molecular formula is C15H16ClNO2S2. The highest BCUT2D eigenvalue weighted by atomic mass is 35.5. The first-order valence-corrected chi connectivity index (χ1v) is 9.35. The molecule has 2 aromatic rings. The maximum atomic E-state index is 12.5. The lowest BCUT2D eigenvalue weighted by Gasteiger charge is -2.12. The molecule has 0 atom stereocenters. The normalized spacial score (nSPS) is 11.4. The molecule has 3 nitrogen and oxygen atoms in total. The maximum absolute atomic E-state index is 12.5. The van der Waals surface area contributed by atoms with Crippen LogP contribution in [0.4, 0.5) is 5.69 Å². The summed E-state index contributed by atoms with van der Waals surface area (Å²) in [6, 6.07) is 10.3. The van der Waals surface area contributed by atoms with Crippen LogP contribution >= 0.6 is 23.4 Å². The summed E-state index contributed by atoms with van der Waals surface area (Å²) in [5, 5.41) is 0.397. The number of benzene rings is 2. The van der Waals surface area contributed by atoms with E-state index in [1.54, 1.807) is 18.2 Å². The lowest BCUT2D eigenvalue weighted by atomic mass is 10.1. The topological polar surface area (TPSA) is 46.2 Å². The Morgan fingerprint density at radius 1 is 1.05 bits per heavy atom. The fraction of sp³-hybridized carbons (Fsp3) is 0.200. The van der Waals surface area contributed by atoms with Crippen molar-refractivity contribution in [1.29, 1.82) is 0 Å². The van der Waals surface area contributed by atoms with Gasteiger partial charge in [0, 0.05) is 15.6 Å². The summed E-state index contributed by atoms with van der Waals surface area (Å²) < 4.78 is 27.7. The highest BCUT2D eigenvalue weighted by Gasteiger charge is 2.19. The van der Waals surface area contributed by atoms with Crippen LogP contribution in [0.1, 0.15) is 11.1 Å². The molecule has 21 heavy (non-hydrogen) atoms. The first-order chi connectivity index (χ1) is 9.83. The van der Waals surface area contributed by atoms with Crippen molar-refractivity contribution >= 4 is 39.1 Å². The second-order valence-electron chi connectivity index (χ2n) is 4.70. The predicted octanol–water partition coefficient (Wildman–Crippen LogP) is 4.48. The number of anilines is 1. The van der Waals surface area contributed by atoms with E-state index in [9.17, 15) is 8.42 Å². The average Bonchev–Trinajstić information content (AvgIpc) is 2.42. The van der Waals surface area contributed by atoms with Crippen LogP contribution in [0.3, 0.4) is 0 Å². The van der Waals surface area contributed by atoms with E-state index < -0.39 is 10.0 Å². The molecule has 2 aromatic carbocycles. The van der Waals surface area contributed by atoms with Crippen molar-refractivity contribution in [2.45, 2.75) is 23.6 Å². The number of sulfonamides is 1. The summed E-state index contributed by atoms with van der Waals surface area (Å²) in [6.07, 6.45) is 1.83. The Labute approximate surface area is 134 Å². The van der Waals surface area contributed by atoms with Crippen LogP contribution in [0, 0.1) is 13.8 Å². The smallest absolute Gasteiger partial charge is 0.263 e. The van der Waals surface area contributed by atoms with Crippen LogP contribution in [-0.4, -0.2) is 14.7 Å². The third-order valence-corrected chi connectivity index (χ3v) is 5.76. The molecule has 0 saturated carbocycles. The molecule has 0 amide bonds. The number of aryl methyl sites for hydroxylation is 2. The highest BCUT2D eigenvalue weighted by molar-refractivity contribution is 7.99. The zero-order valence-corrected chi connectivity index (χ0v) is 14.4. The highest BCUT2D eigenvalue weighted by Crippen LogP contribution is 2.29. The Morgan fingerprint density at radius 3 is 2.38 bits per heavy atom. The molecule has 6 heteroatoms. The average molecular weight is 342 g/mol. The van der Waals surface area contributed by atoms with Gasteiger partial charge in [0.1, 0.15) is 4.90 Å². The third-order valence-electron chi connectivity index (χ3n) is 3.17. The number of rotatable bonds is 4. The van der Waals surface area contributed by atoms with Gasteiger partial charge in [-0.3, -0.25) is 4.72 Å². The Kier molecular flexibility index (Phi) is 4.86. The van der Waals surface area contributed by atoms with E-state index >= 15 is 0 Å². The fourth-order valence-corrected chi connectivity index (χ4v) is 4.32. The van der Waals surface area contributed by atoms with Crippen molar-refractivity contribution in [3.63, 3.8) is 0 Å². The van der Waals surface area contributed by atoms with Crippen molar-refractivity contribution in [3.05, 3.63) is 52.5 Å². The van der Waals surface area contributed by atoms with Crippen LogP contribution in [0.5, 0.6) is 0 Å². The number of halogens is 1. The molecule has 0 aliphatic rings. The largest absolute Gasteiger partial charge is 0.280 e. The maximum Gasteiger partial charge on any atom is 0.263 e. The predicted molar refractivity (Wildman–Crippen MR) is 90.0 cm³/mol. The second-order valence-corrected chi connectivity index (χ2v) is 7.64. The number of nitrogens with one attached hydrogen (secondary N) is 1. The zero-order valence-electron chi connectivity index (χ0n) is 12.0. The monoisotopic (exact) mass is 341 g/mol. The van der Waals surface area contributed by atoms with Gasteiger partial charge in [0.05, 0.1) is 0 Å². The molecule has 0 spiro atoms. The number of thioether (sulfide) groups is 1. The van der Waals surface area contributed by atoms with E-state index in [-0.39, 0.29) is 4.90 Å². The molecule has 0 unspecified atom stereocenters. The third kappa shape index (κ3) is 3.73. The Morgan fingerprint density at radius 2 is 1.76 bits per heavy atom. The van der Waals surface area contributed by atoms with E-state index in [0.717, 1.165) is 11.1 Å². The Balaban J connectivity index is 2.42. The van der Waals surface area contributed by atoms with Gasteiger partial charge in [-0.2, -0.15) is 0 Å². The van der Waals surface area contributed by atoms with E-state index in [1.807, 2.05) is 32.2 Å². The molecular weight excluding hydrogens is 326 g/mol. The quantitative estimate of drug-likeness (QED) is 0.834. The molecule has 112 valence electrons. The molecule has 0 bridgehead atoms. The van der Waals surface area contributed by atoms with Crippen molar-refractivity contribution in [3.8, 4) is 0 Å².